The fourth-order valence-electron chi connectivity index (χ4n) is 2.54. The molecule has 0 fully saturated rings. The Morgan fingerprint density at radius 1 is 1.19 bits per heavy atom. The molecular formula is C19H18BrN3O3. The van der Waals surface area contributed by atoms with Crippen LogP contribution in [0.3, 0.4) is 0 Å². The van der Waals surface area contributed by atoms with E-state index in [-0.39, 0.29) is 12.3 Å². The van der Waals surface area contributed by atoms with E-state index in [4.69, 9.17) is 9.26 Å². The zero-order chi connectivity index (χ0) is 18.7. The Morgan fingerprint density at radius 2 is 1.92 bits per heavy atom. The molecule has 0 saturated heterocycles. The second-order valence-corrected chi connectivity index (χ2v) is 6.81. The quantitative estimate of drug-likeness (QED) is 0.659. The van der Waals surface area contributed by atoms with E-state index in [2.05, 4.69) is 31.4 Å². The van der Waals surface area contributed by atoms with Gasteiger partial charge in [-0.2, -0.15) is 0 Å². The maximum absolute atomic E-state index is 12.5. The van der Waals surface area contributed by atoms with Crippen LogP contribution in [-0.2, 0) is 6.61 Å². The van der Waals surface area contributed by atoms with Crippen molar-refractivity contribution in [1.82, 2.24) is 10.1 Å². The fraction of sp³-hybridized carbons (Fsp3) is 0.211. The van der Waals surface area contributed by atoms with Crippen molar-refractivity contribution in [2.24, 2.45) is 0 Å². The number of pyridine rings is 1. The zero-order valence-electron chi connectivity index (χ0n) is 14.7. The van der Waals surface area contributed by atoms with Crippen molar-refractivity contribution in [3.63, 3.8) is 0 Å². The van der Waals surface area contributed by atoms with Gasteiger partial charge in [0.1, 0.15) is 23.9 Å². The van der Waals surface area contributed by atoms with E-state index in [0.29, 0.717) is 17.1 Å². The summed E-state index contributed by atoms with van der Waals surface area (Å²) in [6.07, 6.45) is 1.61. The number of aromatic nitrogens is 2. The number of halogens is 1. The Hall–Kier alpha value is -2.67. The predicted octanol–water partition coefficient (Wildman–Crippen LogP) is 4.59. The van der Waals surface area contributed by atoms with E-state index in [0.717, 1.165) is 21.3 Å². The van der Waals surface area contributed by atoms with Crippen LogP contribution in [0.1, 0.15) is 32.9 Å². The molecular weight excluding hydrogens is 398 g/mol. The van der Waals surface area contributed by atoms with Gasteiger partial charge in [0.2, 0.25) is 0 Å². The largest absolute Gasteiger partial charge is 0.488 e. The highest BCUT2D eigenvalue weighted by Gasteiger charge is 2.21. The number of benzene rings is 1. The van der Waals surface area contributed by atoms with Crippen LogP contribution < -0.4 is 10.1 Å². The lowest BCUT2D eigenvalue weighted by atomic mass is 10.1. The number of aryl methyl sites for hydroxylation is 3. The highest BCUT2D eigenvalue weighted by atomic mass is 79.9. The standard InChI is InChI=1S/C19H18BrN3O3/c1-11-5-4-6-12(2)18(11)25-10-15-13(3)26-23-17(15)19(24)22-16-8-7-14(20)9-21-16/h4-9H,10H2,1-3H3,(H,21,22,24). The minimum atomic E-state index is -0.392. The zero-order valence-corrected chi connectivity index (χ0v) is 16.3. The molecule has 26 heavy (non-hydrogen) atoms. The molecule has 3 rings (SSSR count). The van der Waals surface area contributed by atoms with Crippen LogP contribution in [0.5, 0.6) is 5.75 Å². The van der Waals surface area contributed by atoms with Gasteiger partial charge in [0.05, 0.1) is 5.56 Å². The molecule has 134 valence electrons. The summed E-state index contributed by atoms with van der Waals surface area (Å²) >= 11 is 3.31. The lowest BCUT2D eigenvalue weighted by molar-refractivity contribution is 0.101. The average Bonchev–Trinajstić information content (AvgIpc) is 2.97. The highest BCUT2D eigenvalue weighted by Crippen LogP contribution is 2.25. The molecule has 0 radical (unpaired) electrons. The maximum atomic E-state index is 12.5. The molecule has 7 heteroatoms. The van der Waals surface area contributed by atoms with Gasteiger partial charge in [-0.15, -0.1) is 0 Å². The molecule has 0 unspecified atom stereocenters. The Kier molecular flexibility index (Phi) is 5.37. The van der Waals surface area contributed by atoms with Crippen molar-refractivity contribution >= 4 is 27.7 Å². The van der Waals surface area contributed by atoms with E-state index in [1.54, 1.807) is 25.3 Å². The Bertz CT molecular complexity index is 915. The van der Waals surface area contributed by atoms with Crippen molar-refractivity contribution in [2.75, 3.05) is 5.32 Å². The number of carbonyl (C=O) groups is 1. The number of hydrogen-bond acceptors (Lipinski definition) is 5. The van der Waals surface area contributed by atoms with Gasteiger partial charge in [-0.3, -0.25) is 4.79 Å². The van der Waals surface area contributed by atoms with Crippen LogP contribution in [0.4, 0.5) is 5.82 Å². The molecule has 0 aliphatic heterocycles. The Balaban J connectivity index is 1.78. The molecule has 1 N–H and O–H groups in total. The molecule has 6 nitrogen and oxygen atoms in total. The molecule has 3 aromatic rings. The number of hydrogen-bond donors (Lipinski definition) is 1. The second kappa shape index (κ2) is 7.70. The van der Waals surface area contributed by atoms with E-state index in [1.165, 1.54) is 0 Å². The number of nitrogens with zero attached hydrogens (tertiary/aromatic N) is 2. The van der Waals surface area contributed by atoms with E-state index in [1.807, 2.05) is 32.0 Å². The lowest BCUT2D eigenvalue weighted by Gasteiger charge is -2.12. The van der Waals surface area contributed by atoms with Crippen molar-refractivity contribution < 1.29 is 14.1 Å². The predicted molar refractivity (Wildman–Crippen MR) is 101 cm³/mol. The van der Waals surface area contributed by atoms with Crippen LogP contribution in [0.25, 0.3) is 0 Å². The minimum absolute atomic E-state index is 0.192. The Labute approximate surface area is 159 Å². The summed E-state index contributed by atoms with van der Waals surface area (Å²) in [6.45, 7) is 5.91. The number of anilines is 1. The molecule has 0 saturated carbocycles. The van der Waals surface area contributed by atoms with E-state index < -0.39 is 5.91 Å². The van der Waals surface area contributed by atoms with Crippen molar-refractivity contribution in [1.29, 1.82) is 0 Å². The Morgan fingerprint density at radius 3 is 2.58 bits per heavy atom. The first kappa shape index (κ1) is 18.1. The maximum Gasteiger partial charge on any atom is 0.279 e. The molecule has 2 heterocycles. The third kappa shape index (κ3) is 3.94. The van der Waals surface area contributed by atoms with Crippen LogP contribution in [0.15, 0.2) is 45.5 Å². The van der Waals surface area contributed by atoms with Gasteiger partial charge in [0.25, 0.3) is 5.91 Å². The van der Waals surface area contributed by atoms with E-state index >= 15 is 0 Å². The molecule has 1 aromatic carbocycles. The smallest absolute Gasteiger partial charge is 0.279 e. The minimum Gasteiger partial charge on any atom is -0.488 e. The van der Waals surface area contributed by atoms with Crippen molar-refractivity contribution in [3.8, 4) is 5.75 Å². The molecule has 0 atom stereocenters. The van der Waals surface area contributed by atoms with Crippen molar-refractivity contribution in [2.45, 2.75) is 27.4 Å². The van der Waals surface area contributed by atoms with Gasteiger partial charge in [-0.1, -0.05) is 23.4 Å². The summed E-state index contributed by atoms with van der Waals surface area (Å²) in [5, 5.41) is 6.59. The number of amides is 1. The number of para-hydroxylation sites is 1. The van der Waals surface area contributed by atoms with Gasteiger partial charge in [-0.25, -0.2) is 4.98 Å². The van der Waals surface area contributed by atoms with Crippen LogP contribution in [-0.4, -0.2) is 16.0 Å². The fourth-order valence-corrected chi connectivity index (χ4v) is 2.77. The first-order chi connectivity index (χ1) is 12.5. The number of carbonyl (C=O) groups excluding carboxylic acids is 1. The first-order valence-corrected chi connectivity index (χ1v) is 8.82. The molecule has 0 aliphatic carbocycles. The number of ether oxygens (including phenoxy) is 1. The number of rotatable bonds is 5. The monoisotopic (exact) mass is 415 g/mol. The van der Waals surface area contributed by atoms with Crippen LogP contribution in [0.2, 0.25) is 0 Å². The molecule has 2 aromatic heterocycles. The second-order valence-electron chi connectivity index (χ2n) is 5.89. The summed E-state index contributed by atoms with van der Waals surface area (Å²) in [7, 11) is 0. The van der Waals surface area contributed by atoms with Gasteiger partial charge >= 0.3 is 0 Å². The van der Waals surface area contributed by atoms with Gasteiger partial charge in [0, 0.05) is 10.7 Å². The lowest BCUT2D eigenvalue weighted by Crippen LogP contribution is -2.16. The summed E-state index contributed by atoms with van der Waals surface area (Å²) in [5.74, 6) is 1.39. The topological polar surface area (TPSA) is 77.2 Å². The third-order valence-electron chi connectivity index (χ3n) is 3.94. The normalized spacial score (nSPS) is 10.6. The SMILES string of the molecule is Cc1cccc(C)c1OCc1c(C(=O)Nc2ccc(Br)cn2)noc1C. The van der Waals surface area contributed by atoms with E-state index in [9.17, 15) is 4.79 Å². The van der Waals surface area contributed by atoms with Gasteiger partial charge < -0.3 is 14.6 Å². The number of nitrogens with one attached hydrogen (secondary N) is 1. The average molecular weight is 416 g/mol. The summed E-state index contributed by atoms with van der Waals surface area (Å²) in [4.78, 5) is 16.7. The van der Waals surface area contributed by atoms with Crippen LogP contribution in [0, 0.1) is 20.8 Å². The molecule has 0 bridgehead atoms. The molecule has 0 aliphatic rings. The summed E-state index contributed by atoms with van der Waals surface area (Å²) in [6, 6.07) is 9.43. The molecule has 0 spiro atoms. The first-order valence-electron chi connectivity index (χ1n) is 8.02. The summed E-state index contributed by atoms with van der Waals surface area (Å²) < 4.78 is 12.0. The van der Waals surface area contributed by atoms with Gasteiger partial charge in [0.15, 0.2) is 5.69 Å². The van der Waals surface area contributed by atoms with Gasteiger partial charge in [-0.05, 0) is 60.0 Å². The van der Waals surface area contributed by atoms with Crippen LogP contribution >= 0.6 is 15.9 Å². The summed E-state index contributed by atoms with van der Waals surface area (Å²) in [5.41, 5.74) is 2.87. The third-order valence-corrected chi connectivity index (χ3v) is 4.41. The highest BCUT2D eigenvalue weighted by molar-refractivity contribution is 9.10. The van der Waals surface area contributed by atoms with Crippen molar-refractivity contribution in [3.05, 3.63) is 69.1 Å². The molecule has 1 amide bonds.